The van der Waals surface area contributed by atoms with Crippen LogP contribution in [0.3, 0.4) is 0 Å². The lowest BCUT2D eigenvalue weighted by Gasteiger charge is -2.44. The Hall–Kier alpha value is -2.88. The lowest BCUT2D eigenvalue weighted by molar-refractivity contribution is -0.319. The van der Waals surface area contributed by atoms with E-state index in [1.165, 1.54) is 0 Å². The molecule has 5 atom stereocenters. The number of hydrogen-bond acceptors (Lipinski definition) is 7. The van der Waals surface area contributed by atoms with Crippen LogP contribution in [0, 0.1) is 0 Å². The molecule has 1 saturated heterocycles. The zero-order valence-corrected chi connectivity index (χ0v) is 25.2. The minimum atomic E-state index is -1.04. The number of rotatable bonds is 19. The fraction of sp³-hybridized carbons (Fsp3) is 0.444. The van der Waals surface area contributed by atoms with Crippen molar-refractivity contribution in [2.24, 2.45) is 0 Å². The van der Waals surface area contributed by atoms with Gasteiger partial charge in [-0.15, -0.1) is 0 Å². The van der Waals surface area contributed by atoms with Gasteiger partial charge < -0.3 is 33.5 Å². The van der Waals surface area contributed by atoms with E-state index in [-0.39, 0.29) is 6.61 Å². The topological polar surface area (TPSA) is 75.6 Å². The van der Waals surface area contributed by atoms with E-state index in [9.17, 15) is 5.11 Å². The second-order valence-corrected chi connectivity index (χ2v) is 10.7. The number of methoxy groups -OCH3 is 1. The highest BCUT2D eigenvalue weighted by Gasteiger charge is 2.47. The average Bonchev–Trinajstić information content (AvgIpc) is 3.05. The van der Waals surface area contributed by atoms with Crippen LogP contribution in [-0.4, -0.2) is 62.7 Å². The smallest absolute Gasteiger partial charge is 0.186 e. The molecular formula is C36H46O7. The molecule has 1 aliphatic heterocycles. The summed E-state index contributed by atoms with van der Waals surface area (Å²) < 4.78 is 36.5. The van der Waals surface area contributed by atoms with Gasteiger partial charge in [-0.1, -0.05) is 103 Å². The molecule has 1 N–H and O–H groups in total. The summed E-state index contributed by atoms with van der Waals surface area (Å²) in [6.45, 7) is 2.59. The van der Waals surface area contributed by atoms with Crippen LogP contribution in [0.1, 0.15) is 42.4 Å². The standard InChI is InChI=1S/C36H46O7/c1-38-23-15-4-2-3-5-16-24-40-36-33(37)35(42-27-31-21-13-8-14-22-31)34(41-26-30-19-11-7-12-20-30)32(43-36)28-39-25-29-17-9-6-10-18-29/h2-3,6-14,17-22,32-37H,4-5,15-16,23-28H2,1H3/t32?,33?,34-,35-,36-/m0/s1. The molecule has 1 aliphatic rings. The average molecular weight is 591 g/mol. The quantitative estimate of drug-likeness (QED) is 0.131. The van der Waals surface area contributed by atoms with E-state index in [1.807, 2.05) is 91.0 Å². The van der Waals surface area contributed by atoms with Crippen LogP contribution < -0.4 is 0 Å². The molecule has 1 fully saturated rings. The van der Waals surface area contributed by atoms with Crippen molar-refractivity contribution in [2.45, 2.75) is 76.2 Å². The molecule has 0 aromatic heterocycles. The molecule has 0 amide bonds. The Morgan fingerprint density at radius 3 is 1.72 bits per heavy atom. The highest BCUT2D eigenvalue weighted by atomic mass is 16.7. The normalized spacial score (nSPS) is 22.2. The van der Waals surface area contributed by atoms with Crippen LogP contribution >= 0.6 is 0 Å². The van der Waals surface area contributed by atoms with Gasteiger partial charge in [-0.2, -0.15) is 0 Å². The predicted molar refractivity (Wildman–Crippen MR) is 166 cm³/mol. The Morgan fingerprint density at radius 2 is 1.16 bits per heavy atom. The highest BCUT2D eigenvalue weighted by molar-refractivity contribution is 5.15. The van der Waals surface area contributed by atoms with Gasteiger partial charge in [0.25, 0.3) is 0 Å². The second kappa shape index (κ2) is 19.4. The summed E-state index contributed by atoms with van der Waals surface area (Å²) in [6.07, 6.45) is 4.35. The summed E-state index contributed by atoms with van der Waals surface area (Å²) in [4.78, 5) is 0. The van der Waals surface area contributed by atoms with Crippen LogP contribution in [0.25, 0.3) is 0 Å². The Labute approximate surface area is 256 Å². The van der Waals surface area contributed by atoms with Gasteiger partial charge in [-0.3, -0.25) is 0 Å². The largest absolute Gasteiger partial charge is 0.385 e. The van der Waals surface area contributed by atoms with Gasteiger partial charge in [0, 0.05) is 13.7 Å². The molecule has 3 aromatic rings. The number of hydrogen-bond donors (Lipinski definition) is 1. The van der Waals surface area contributed by atoms with Crippen molar-refractivity contribution in [3.8, 4) is 0 Å². The first-order valence-corrected chi connectivity index (χ1v) is 15.3. The summed E-state index contributed by atoms with van der Waals surface area (Å²) in [5, 5.41) is 11.5. The molecule has 3 aromatic carbocycles. The first kappa shape index (κ1) is 33.0. The van der Waals surface area contributed by atoms with Crippen molar-refractivity contribution in [3.63, 3.8) is 0 Å². The van der Waals surface area contributed by atoms with Gasteiger partial charge in [0.1, 0.15) is 24.4 Å². The van der Waals surface area contributed by atoms with Crippen molar-refractivity contribution in [2.75, 3.05) is 26.9 Å². The summed E-state index contributed by atoms with van der Waals surface area (Å²) >= 11 is 0. The third kappa shape index (κ3) is 11.6. The third-order valence-corrected chi connectivity index (χ3v) is 7.26. The SMILES string of the molecule is COCCCC=CCCCO[C@H]1OC(COCc2ccccc2)[C@H](OCc2ccccc2)[C@@H](OCc2ccccc2)C1O. The van der Waals surface area contributed by atoms with Gasteiger partial charge in [-0.05, 0) is 42.4 Å². The molecule has 7 heteroatoms. The molecule has 7 nitrogen and oxygen atoms in total. The number of aliphatic hydroxyl groups is 1. The van der Waals surface area contributed by atoms with Crippen LogP contribution in [0.2, 0.25) is 0 Å². The maximum absolute atomic E-state index is 11.5. The molecule has 232 valence electrons. The Balaban J connectivity index is 1.43. The van der Waals surface area contributed by atoms with Crippen LogP contribution in [0.5, 0.6) is 0 Å². The number of benzene rings is 3. The van der Waals surface area contributed by atoms with Gasteiger partial charge in [0.15, 0.2) is 6.29 Å². The number of ether oxygens (including phenoxy) is 6. The summed E-state index contributed by atoms with van der Waals surface area (Å²) in [6, 6.07) is 29.9. The molecule has 0 bridgehead atoms. The van der Waals surface area contributed by atoms with E-state index in [0.29, 0.717) is 26.4 Å². The van der Waals surface area contributed by atoms with Gasteiger partial charge in [-0.25, -0.2) is 0 Å². The number of aliphatic hydroxyl groups excluding tert-OH is 1. The van der Waals surface area contributed by atoms with E-state index in [1.54, 1.807) is 7.11 Å². The van der Waals surface area contributed by atoms with Crippen LogP contribution in [-0.2, 0) is 48.2 Å². The molecule has 2 unspecified atom stereocenters. The number of unbranched alkanes of at least 4 members (excludes halogenated alkanes) is 2. The molecule has 1 heterocycles. The monoisotopic (exact) mass is 590 g/mol. The first-order valence-electron chi connectivity index (χ1n) is 15.3. The lowest BCUT2D eigenvalue weighted by Crippen LogP contribution is -2.61. The summed E-state index contributed by atoms with van der Waals surface area (Å²) in [5.74, 6) is 0. The molecule has 43 heavy (non-hydrogen) atoms. The van der Waals surface area contributed by atoms with Crippen LogP contribution in [0.4, 0.5) is 0 Å². The minimum absolute atomic E-state index is 0.260. The predicted octanol–water partition coefficient (Wildman–Crippen LogP) is 6.24. The molecule has 0 spiro atoms. The second-order valence-electron chi connectivity index (χ2n) is 10.7. The van der Waals surface area contributed by atoms with Gasteiger partial charge in [0.05, 0.1) is 33.0 Å². The van der Waals surface area contributed by atoms with Crippen molar-refractivity contribution < 1.29 is 33.5 Å². The Kier molecular flexibility index (Phi) is 14.9. The highest BCUT2D eigenvalue weighted by Crippen LogP contribution is 2.29. The molecule has 0 radical (unpaired) electrons. The van der Waals surface area contributed by atoms with E-state index in [4.69, 9.17) is 28.4 Å². The van der Waals surface area contributed by atoms with Crippen molar-refractivity contribution in [3.05, 3.63) is 120 Å². The molecular weight excluding hydrogens is 544 g/mol. The summed E-state index contributed by atoms with van der Waals surface area (Å²) in [5.41, 5.74) is 3.10. The fourth-order valence-corrected chi connectivity index (χ4v) is 4.94. The van der Waals surface area contributed by atoms with E-state index in [0.717, 1.165) is 49.0 Å². The maximum atomic E-state index is 11.5. The van der Waals surface area contributed by atoms with E-state index >= 15 is 0 Å². The van der Waals surface area contributed by atoms with E-state index in [2.05, 4.69) is 12.2 Å². The van der Waals surface area contributed by atoms with Crippen LogP contribution in [0.15, 0.2) is 103 Å². The van der Waals surface area contributed by atoms with Crippen molar-refractivity contribution >= 4 is 0 Å². The third-order valence-electron chi connectivity index (χ3n) is 7.26. The van der Waals surface area contributed by atoms with Gasteiger partial charge >= 0.3 is 0 Å². The summed E-state index contributed by atoms with van der Waals surface area (Å²) in [7, 11) is 1.72. The van der Waals surface area contributed by atoms with Crippen molar-refractivity contribution in [1.29, 1.82) is 0 Å². The zero-order chi connectivity index (χ0) is 30.0. The number of allylic oxidation sites excluding steroid dienone is 2. The molecule has 0 saturated carbocycles. The Bertz CT molecular complexity index is 1140. The van der Waals surface area contributed by atoms with Gasteiger partial charge in [0.2, 0.25) is 0 Å². The first-order chi connectivity index (χ1) is 21.2. The zero-order valence-electron chi connectivity index (χ0n) is 25.2. The lowest BCUT2D eigenvalue weighted by atomic mass is 9.98. The fourth-order valence-electron chi connectivity index (χ4n) is 4.94. The Morgan fingerprint density at radius 1 is 0.651 bits per heavy atom. The molecule has 4 rings (SSSR count). The molecule has 0 aliphatic carbocycles. The van der Waals surface area contributed by atoms with E-state index < -0.39 is 30.7 Å². The maximum Gasteiger partial charge on any atom is 0.186 e. The minimum Gasteiger partial charge on any atom is -0.385 e. The van der Waals surface area contributed by atoms with Crippen molar-refractivity contribution in [1.82, 2.24) is 0 Å².